The Hall–Kier alpha value is -2.09. The molecule has 1 heterocycles. The van der Waals surface area contributed by atoms with Gasteiger partial charge in [-0.2, -0.15) is 13.2 Å². The summed E-state index contributed by atoms with van der Waals surface area (Å²) in [6, 6.07) is 8.42. The lowest BCUT2D eigenvalue weighted by atomic mass is 10.1. The third-order valence-electron chi connectivity index (χ3n) is 3.94. The number of aromatic nitrogens is 1. The number of nitrogens with zero attached hydrogens (tertiary/aromatic N) is 2. The minimum Gasteiger partial charge on any atom is -0.356 e. The van der Waals surface area contributed by atoms with Gasteiger partial charge in [0.25, 0.3) is 0 Å². The van der Waals surface area contributed by atoms with E-state index in [4.69, 9.17) is 0 Å². The van der Waals surface area contributed by atoms with Gasteiger partial charge in [-0.1, -0.05) is 31.2 Å². The van der Waals surface area contributed by atoms with Crippen molar-refractivity contribution in [2.24, 2.45) is 4.99 Å². The first-order valence-electron chi connectivity index (χ1n) is 8.41. The summed E-state index contributed by atoms with van der Waals surface area (Å²) < 4.78 is 37.7. The number of hydrogen-bond acceptors (Lipinski definition) is 3. The van der Waals surface area contributed by atoms with Crippen LogP contribution in [0.5, 0.6) is 0 Å². The summed E-state index contributed by atoms with van der Waals surface area (Å²) in [7, 11) is 1.66. The molecule has 1 aromatic heterocycles. The number of halogens is 3. The van der Waals surface area contributed by atoms with Crippen LogP contribution in [-0.4, -0.2) is 24.5 Å². The van der Waals surface area contributed by atoms with Gasteiger partial charge >= 0.3 is 6.18 Å². The number of guanidine groups is 1. The van der Waals surface area contributed by atoms with E-state index in [1.165, 1.54) is 5.56 Å². The number of hydrogen-bond donors (Lipinski definition) is 2. The average Bonchev–Trinajstić information content (AvgIpc) is 3.10. The lowest BCUT2D eigenvalue weighted by Crippen LogP contribution is -2.39. The second-order valence-corrected chi connectivity index (χ2v) is 6.78. The Morgan fingerprint density at radius 3 is 2.50 bits per heavy atom. The molecule has 0 bridgehead atoms. The molecule has 2 rings (SSSR count). The Balaban J connectivity index is 1.84. The number of thiazole rings is 1. The van der Waals surface area contributed by atoms with Gasteiger partial charge in [-0.05, 0) is 24.5 Å². The second kappa shape index (κ2) is 9.02. The van der Waals surface area contributed by atoms with E-state index in [-0.39, 0.29) is 6.04 Å². The van der Waals surface area contributed by atoms with Crippen LogP contribution in [0.1, 0.15) is 41.7 Å². The van der Waals surface area contributed by atoms with Crippen molar-refractivity contribution in [3.05, 3.63) is 51.5 Å². The molecular formula is C18H23F3N4S. The van der Waals surface area contributed by atoms with Crippen LogP contribution in [0, 0.1) is 0 Å². The van der Waals surface area contributed by atoms with Crippen LogP contribution in [0.4, 0.5) is 13.2 Å². The maximum Gasteiger partial charge on any atom is 0.434 e. The van der Waals surface area contributed by atoms with Crippen molar-refractivity contribution < 1.29 is 13.2 Å². The maximum atomic E-state index is 12.6. The number of benzene rings is 1. The summed E-state index contributed by atoms with van der Waals surface area (Å²) >= 11 is 1.02. The molecule has 0 saturated carbocycles. The predicted octanol–water partition coefficient (Wildman–Crippen LogP) is 4.19. The van der Waals surface area contributed by atoms with Crippen LogP contribution in [0.3, 0.4) is 0 Å². The molecule has 0 aliphatic heterocycles. The van der Waals surface area contributed by atoms with E-state index in [2.05, 4.69) is 51.8 Å². The van der Waals surface area contributed by atoms with E-state index < -0.39 is 11.9 Å². The van der Waals surface area contributed by atoms with Gasteiger partial charge in [0.05, 0.1) is 11.0 Å². The largest absolute Gasteiger partial charge is 0.434 e. The summed E-state index contributed by atoms with van der Waals surface area (Å²) in [5.74, 6) is 0.602. The van der Waals surface area contributed by atoms with Crippen molar-refractivity contribution in [3.63, 3.8) is 0 Å². The SMILES string of the molecule is CCc1ccc(C(C)NC(=NC)NCCc2nc(C(F)(F)F)cs2)cc1. The Morgan fingerprint density at radius 1 is 1.27 bits per heavy atom. The van der Waals surface area contributed by atoms with Crippen LogP contribution < -0.4 is 10.6 Å². The summed E-state index contributed by atoms with van der Waals surface area (Å²) in [6.45, 7) is 4.60. The van der Waals surface area contributed by atoms with Crippen LogP contribution >= 0.6 is 11.3 Å². The van der Waals surface area contributed by atoms with Crippen molar-refractivity contribution in [2.75, 3.05) is 13.6 Å². The highest BCUT2D eigenvalue weighted by atomic mass is 32.1. The Kier molecular flexibility index (Phi) is 7.02. The summed E-state index contributed by atoms with van der Waals surface area (Å²) in [6.07, 6.45) is -2.98. The van der Waals surface area contributed by atoms with E-state index in [0.717, 1.165) is 28.7 Å². The molecule has 26 heavy (non-hydrogen) atoms. The number of rotatable bonds is 6. The fourth-order valence-corrected chi connectivity index (χ4v) is 3.17. The van der Waals surface area contributed by atoms with Crippen LogP contribution in [0.2, 0.25) is 0 Å². The third kappa shape index (κ3) is 5.72. The zero-order valence-electron chi connectivity index (χ0n) is 15.0. The fourth-order valence-electron chi connectivity index (χ4n) is 2.37. The van der Waals surface area contributed by atoms with Gasteiger partial charge in [-0.25, -0.2) is 4.98 Å². The van der Waals surface area contributed by atoms with E-state index in [1.54, 1.807) is 7.05 Å². The van der Waals surface area contributed by atoms with E-state index >= 15 is 0 Å². The lowest BCUT2D eigenvalue weighted by molar-refractivity contribution is -0.140. The molecule has 2 N–H and O–H groups in total. The smallest absolute Gasteiger partial charge is 0.356 e. The zero-order chi connectivity index (χ0) is 19.2. The number of alkyl halides is 3. The molecule has 1 aromatic carbocycles. The molecule has 1 atom stereocenters. The minimum absolute atomic E-state index is 0.0591. The molecule has 0 aliphatic rings. The molecule has 2 aromatic rings. The molecule has 0 fully saturated rings. The Bertz CT molecular complexity index is 723. The van der Waals surface area contributed by atoms with Crippen molar-refractivity contribution in [2.45, 2.75) is 38.9 Å². The van der Waals surface area contributed by atoms with E-state index in [9.17, 15) is 13.2 Å². The van der Waals surface area contributed by atoms with Crippen LogP contribution in [0.25, 0.3) is 0 Å². The second-order valence-electron chi connectivity index (χ2n) is 5.83. The lowest BCUT2D eigenvalue weighted by Gasteiger charge is -2.18. The van der Waals surface area contributed by atoms with E-state index in [0.29, 0.717) is 23.9 Å². The normalized spacial score (nSPS) is 13.5. The van der Waals surface area contributed by atoms with Gasteiger partial charge < -0.3 is 10.6 Å². The van der Waals surface area contributed by atoms with Crippen molar-refractivity contribution >= 4 is 17.3 Å². The Morgan fingerprint density at radius 2 is 1.96 bits per heavy atom. The third-order valence-corrected chi connectivity index (χ3v) is 4.85. The van der Waals surface area contributed by atoms with Gasteiger partial charge in [-0.3, -0.25) is 4.99 Å². The van der Waals surface area contributed by atoms with Gasteiger partial charge in [0.15, 0.2) is 11.7 Å². The van der Waals surface area contributed by atoms with Crippen molar-refractivity contribution in [1.29, 1.82) is 0 Å². The predicted molar refractivity (Wildman–Crippen MR) is 99.6 cm³/mol. The maximum absolute atomic E-state index is 12.6. The van der Waals surface area contributed by atoms with Crippen molar-refractivity contribution in [1.82, 2.24) is 15.6 Å². The first-order valence-corrected chi connectivity index (χ1v) is 9.29. The number of aryl methyl sites for hydroxylation is 1. The quantitative estimate of drug-likeness (QED) is 0.580. The molecular weight excluding hydrogens is 361 g/mol. The number of nitrogens with one attached hydrogen (secondary N) is 2. The van der Waals surface area contributed by atoms with Crippen molar-refractivity contribution in [3.8, 4) is 0 Å². The van der Waals surface area contributed by atoms with Gasteiger partial charge in [-0.15, -0.1) is 11.3 Å². The average molecular weight is 384 g/mol. The molecule has 1 unspecified atom stereocenters. The summed E-state index contributed by atoms with van der Waals surface area (Å²) in [5.41, 5.74) is 1.59. The monoisotopic (exact) mass is 384 g/mol. The standard InChI is InChI=1S/C18H23F3N4S/c1-4-13-5-7-14(8-6-13)12(2)24-17(22-3)23-10-9-16-25-15(11-26-16)18(19,20)21/h5-8,11-12H,4,9-10H2,1-3H3,(H2,22,23,24). The molecule has 142 valence electrons. The molecule has 0 aliphatic carbocycles. The highest BCUT2D eigenvalue weighted by molar-refractivity contribution is 7.09. The van der Waals surface area contributed by atoms with Crippen LogP contribution in [-0.2, 0) is 19.0 Å². The minimum atomic E-state index is -4.39. The first-order chi connectivity index (χ1) is 12.3. The zero-order valence-corrected chi connectivity index (χ0v) is 15.8. The topological polar surface area (TPSA) is 49.3 Å². The van der Waals surface area contributed by atoms with Crippen LogP contribution in [0.15, 0.2) is 34.6 Å². The van der Waals surface area contributed by atoms with Gasteiger partial charge in [0, 0.05) is 25.4 Å². The molecule has 4 nitrogen and oxygen atoms in total. The highest BCUT2D eigenvalue weighted by Crippen LogP contribution is 2.30. The van der Waals surface area contributed by atoms with Gasteiger partial charge in [0.1, 0.15) is 0 Å². The van der Waals surface area contributed by atoms with E-state index in [1.807, 2.05) is 6.92 Å². The molecule has 0 radical (unpaired) electrons. The Labute approximate surface area is 155 Å². The highest BCUT2D eigenvalue weighted by Gasteiger charge is 2.33. The first kappa shape index (κ1) is 20.2. The molecule has 0 saturated heterocycles. The molecule has 8 heteroatoms. The fraction of sp³-hybridized carbons (Fsp3) is 0.444. The number of aliphatic imine (C=N–C) groups is 1. The summed E-state index contributed by atoms with van der Waals surface area (Å²) in [5, 5.41) is 7.89. The van der Waals surface area contributed by atoms with Gasteiger partial charge in [0.2, 0.25) is 0 Å². The summed E-state index contributed by atoms with van der Waals surface area (Å²) in [4.78, 5) is 7.78. The molecule has 0 spiro atoms. The molecule has 0 amide bonds.